The van der Waals surface area contributed by atoms with Gasteiger partial charge in [-0.1, -0.05) is 0 Å². The normalized spacial score (nSPS) is 9.17. The van der Waals surface area contributed by atoms with Crippen molar-refractivity contribution in [3.8, 4) is 0 Å². The van der Waals surface area contributed by atoms with E-state index in [1.54, 1.807) is 21.0 Å². The standard InChI is InChI=1S/C7H11N3O2.C3H7NO2/c1-5-4-6(11)8-10(5)7(12)9(2)3;1-4(2)3(5)6/h4H,1-3H3,(H,8,11);1-2H3,(H,5,6). The molecule has 2 amide bonds. The predicted molar refractivity (Wildman–Crippen MR) is 66.0 cm³/mol. The highest BCUT2D eigenvalue weighted by molar-refractivity contribution is 5.75. The monoisotopic (exact) mass is 258 g/mol. The van der Waals surface area contributed by atoms with Crippen molar-refractivity contribution in [3.05, 3.63) is 22.1 Å². The first-order valence-corrected chi connectivity index (χ1v) is 5.07. The summed E-state index contributed by atoms with van der Waals surface area (Å²) in [4.78, 5) is 34.2. The van der Waals surface area contributed by atoms with E-state index in [9.17, 15) is 14.4 Å². The molecule has 0 fully saturated rings. The third-order valence-corrected chi connectivity index (χ3v) is 1.87. The third-order valence-electron chi connectivity index (χ3n) is 1.87. The van der Waals surface area contributed by atoms with E-state index in [0.717, 1.165) is 4.90 Å². The lowest BCUT2D eigenvalue weighted by Gasteiger charge is -2.10. The first-order chi connectivity index (χ1) is 8.16. The number of hydrogen-bond donors (Lipinski definition) is 2. The van der Waals surface area contributed by atoms with Gasteiger partial charge < -0.3 is 14.9 Å². The molecule has 0 radical (unpaired) electrons. The molecule has 2 N–H and O–H groups in total. The Morgan fingerprint density at radius 1 is 1.22 bits per heavy atom. The number of carboxylic acid groups (broad SMARTS) is 1. The zero-order chi connectivity index (χ0) is 14.5. The Morgan fingerprint density at radius 3 is 1.89 bits per heavy atom. The molecule has 0 spiro atoms. The second-order valence-corrected chi connectivity index (χ2v) is 3.95. The Labute approximate surface area is 104 Å². The fraction of sp³-hybridized carbons (Fsp3) is 0.500. The van der Waals surface area contributed by atoms with Crippen LogP contribution in [0.2, 0.25) is 0 Å². The molecular weight excluding hydrogens is 240 g/mol. The van der Waals surface area contributed by atoms with E-state index in [2.05, 4.69) is 5.10 Å². The van der Waals surface area contributed by atoms with Crippen LogP contribution >= 0.6 is 0 Å². The molecule has 1 heterocycles. The summed E-state index contributed by atoms with van der Waals surface area (Å²) in [7, 11) is 6.20. The lowest BCUT2D eigenvalue weighted by molar-refractivity contribution is 0.165. The SMILES string of the molecule is CN(C)C(=O)O.Cc1cc(=O)[nH]n1C(=O)N(C)C. The number of rotatable bonds is 0. The number of H-pyrrole nitrogens is 1. The zero-order valence-corrected chi connectivity index (χ0v) is 11.1. The number of amides is 2. The quantitative estimate of drug-likeness (QED) is 0.696. The van der Waals surface area contributed by atoms with Gasteiger partial charge in [0.2, 0.25) is 0 Å². The van der Waals surface area contributed by atoms with E-state index >= 15 is 0 Å². The number of carbonyl (C=O) groups is 2. The highest BCUT2D eigenvalue weighted by Gasteiger charge is 2.09. The van der Waals surface area contributed by atoms with Crippen molar-refractivity contribution >= 4 is 12.1 Å². The van der Waals surface area contributed by atoms with Crippen LogP contribution in [0.5, 0.6) is 0 Å². The topological polar surface area (TPSA) is 98.6 Å². The minimum atomic E-state index is -0.907. The Balaban J connectivity index is 0.000000411. The van der Waals surface area contributed by atoms with E-state index in [4.69, 9.17) is 5.11 Å². The van der Waals surface area contributed by atoms with Gasteiger partial charge in [0.15, 0.2) is 0 Å². The van der Waals surface area contributed by atoms with Crippen LogP contribution in [0, 0.1) is 6.92 Å². The van der Waals surface area contributed by atoms with Crippen LogP contribution < -0.4 is 5.56 Å². The van der Waals surface area contributed by atoms with Crippen LogP contribution in [-0.4, -0.2) is 65.0 Å². The summed E-state index contributed by atoms with van der Waals surface area (Å²) >= 11 is 0. The van der Waals surface area contributed by atoms with E-state index in [1.165, 1.54) is 29.7 Å². The highest BCUT2D eigenvalue weighted by Crippen LogP contribution is 1.93. The Morgan fingerprint density at radius 2 is 1.67 bits per heavy atom. The van der Waals surface area contributed by atoms with Gasteiger partial charge in [0.05, 0.1) is 0 Å². The first kappa shape index (κ1) is 15.8. The van der Waals surface area contributed by atoms with Gasteiger partial charge in [-0.25, -0.2) is 14.3 Å². The first-order valence-electron chi connectivity index (χ1n) is 5.07. The van der Waals surface area contributed by atoms with Crippen LogP contribution in [0.3, 0.4) is 0 Å². The maximum absolute atomic E-state index is 11.3. The predicted octanol–water partition coefficient (Wildman–Crippen LogP) is 0.241. The van der Waals surface area contributed by atoms with Crippen molar-refractivity contribution < 1.29 is 14.7 Å². The molecule has 0 aromatic carbocycles. The third kappa shape index (κ3) is 4.73. The molecule has 0 aliphatic rings. The molecule has 102 valence electrons. The van der Waals surface area contributed by atoms with Crippen molar-refractivity contribution in [3.63, 3.8) is 0 Å². The average molecular weight is 258 g/mol. The maximum atomic E-state index is 11.3. The molecule has 0 atom stereocenters. The fourth-order valence-corrected chi connectivity index (χ4v) is 0.884. The van der Waals surface area contributed by atoms with Crippen molar-refractivity contribution in [1.82, 2.24) is 19.6 Å². The van der Waals surface area contributed by atoms with Crippen LogP contribution in [0.1, 0.15) is 5.69 Å². The number of nitrogens with zero attached hydrogens (tertiary/aromatic N) is 3. The van der Waals surface area contributed by atoms with Gasteiger partial charge in [-0.15, -0.1) is 0 Å². The molecule has 1 aromatic rings. The Bertz CT molecular complexity index is 472. The van der Waals surface area contributed by atoms with Crippen molar-refractivity contribution in [2.24, 2.45) is 0 Å². The highest BCUT2D eigenvalue weighted by atomic mass is 16.4. The number of aromatic nitrogens is 2. The molecule has 0 saturated carbocycles. The summed E-state index contributed by atoms with van der Waals surface area (Å²) < 4.78 is 1.21. The van der Waals surface area contributed by atoms with Crippen molar-refractivity contribution in [2.75, 3.05) is 28.2 Å². The minimum Gasteiger partial charge on any atom is -0.465 e. The van der Waals surface area contributed by atoms with Crippen LogP contribution in [-0.2, 0) is 0 Å². The number of carbonyl (C=O) groups excluding carboxylic acids is 1. The molecule has 0 aliphatic heterocycles. The number of aryl methyl sites for hydroxylation is 1. The van der Waals surface area contributed by atoms with E-state index in [0.29, 0.717) is 5.69 Å². The van der Waals surface area contributed by atoms with Gasteiger partial charge in [-0.2, -0.15) is 0 Å². The van der Waals surface area contributed by atoms with Crippen LogP contribution in [0.4, 0.5) is 9.59 Å². The van der Waals surface area contributed by atoms with E-state index < -0.39 is 6.09 Å². The fourth-order valence-electron chi connectivity index (χ4n) is 0.884. The number of aromatic amines is 1. The second kappa shape index (κ2) is 6.48. The smallest absolute Gasteiger partial charge is 0.406 e. The second-order valence-electron chi connectivity index (χ2n) is 3.95. The van der Waals surface area contributed by atoms with Gasteiger partial charge in [-0.3, -0.25) is 9.89 Å². The van der Waals surface area contributed by atoms with E-state index in [1.807, 2.05) is 0 Å². The van der Waals surface area contributed by atoms with Crippen molar-refractivity contribution in [1.29, 1.82) is 0 Å². The zero-order valence-electron chi connectivity index (χ0n) is 11.1. The molecule has 0 bridgehead atoms. The summed E-state index contributed by atoms with van der Waals surface area (Å²) in [6.45, 7) is 1.69. The molecule has 8 heteroatoms. The summed E-state index contributed by atoms with van der Waals surface area (Å²) in [5.74, 6) is 0. The molecular formula is C10H18N4O4. The lowest BCUT2D eigenvalue weighted by atomic mass is 10.5. The summed E-state index contributed by atoms with van der Waals surface area (Å²) in [5, 5.41) is 10.3. The van der Waals surface area contributed by atoms with Gasteiger partial charge in [-0.05, 0) is 6.92 Å². The average Bonchev–Trinajstić information content (AvgIpc) is 2.57. The molecule has 0 saturated heterocycles. The number of nitrogens with one attached hydrogen (secondary N) is 1. The number of hydrogen-bond acceptors (Lipinski definition) is 3. The van der Waals surface area contributed by atoms with Gasteiger partial charge in [0.25, 0.3) is 5.56 Å². The molecule has 0 aliphatic carbocycles. The molecule has 18 heavy (non-hydrogen) atoms. The van der Waals surface area contributed by atoms with Crippen LogP contribution in [0.25, 0.3) is 0 Å². The summed E-state index contributed by atoms with van der Waals surface area (Å²) in [6.07, 6.45) is -0.907. The van der Waals surface area contributed by atoms with Crippen LogP contribution in [0.15, 0.2) is 10.9 Å². The van der Waals surface area contributed by atoms with Crippen molar-refractivity contribution in [2.45, 2.75) is 6.92 Å². The van der Waals surface area contributed by atoms with E-state index in [-0.39, 0.29) is 11.6 Å². The van der Waals surface area contributed by atoms with Gasteiger partial charge in [0, 0.05) is 40.0 Å². The van der Waals surface area contributed by atoms with Gasteiger partial charge >= 0.3 is 12.1 Å². The summed E-state index contributed by atoms with van der Waals surface area (Å²) in [6, 6.07) is 1.12. The Hall–Kier alpha value is -2.25. The minimum absolute atomic E-state index is 0.255. The maximum Gasteiger partial charge on any atom is 0.406 e. The molecule has 0 unspecified atom stereocenters. The Kier molecular flexibility index (Phi) is 5.67. The summed E-state index contributed by atoms with van der Waals surface area (Å²) in [5.41, 5.74) is 0.349. The lowest BCUT2D eigenvalue weighted by Crippen LogP contribution is -2.29. The van der Waals surface area contributed by atoms with Gasteiger partial charge in [0.1, 0.15) is 0 Å². The molecule has 1 aromatic heterocycles. The molecule has 8 nitrogen and oxygen atoms in total. The molecule has 1 rings (SSSR count). The largest absolute Gasteiger partial charge is 0.465 e.